The Kier molecular flexibility index (Phi) is 5.50. The highest BCUT2D eigenvalue weighted by Gasteiger charge is 2.51. The number of likely N-dealkylation sites (tertiary alicyclic amines) is 1. The average Bonchev–Trinajstić information content (AvgIpc) is 2.97. The lowest BCUT2D eigenvalue weighted by Gasteiger charge is -2.30. The van der Waals surface area contributed by atoms with Crippen molar-refractivity contribution in [2.24, 2.45) is 5.41 Å². The van der Waals surface area contributed by atoms with E-state index in [1.165, 1.54) is 4.90 Å². The summed E-state index contributed by atoms with van der Waals surface area (Å²) >= 11 is 0. The zero-order valence-corrected chi connectivity index (χ0v) is 17.6. The van der Waals surface area contributed by atoms with Gasteiger partial charge in [-0.25, -0.2) is 0 Å². The quantitative estimate of drug-likeness (QED) is 0.710. The van der Waals surface area contributed by atoms with Crippen LogP contribution >= 0.6 is 0 Å². The second-order valence-electron chi connectivity index (χ2n) is 8.60. The molecule has 1 aliphatic carbocycles. The van der Waals surface area contributed by atoms with Crippen molar-refractivity contribution in [3.05, 3.63) is 42.0 Å². The van der Waals surface area contributed by atoms with E-state index in [2.05, 4.69) is 0 Å². The molecular formula is C24H28N2O4. The third-order valence-electron chi connectivity index (χ3n) is 6.55. The Morgan fingerprint density at radius 2 is 1.77 bits per heavy atom. The standard InChI is InChI=1S/C24H28N2O4/c1-25(15-17-6-7-19-13-20(30-2)9-8-18(19)12-17)22(28)16-26-21(27)14-24(23(26)29)10-4-3-5-11-24/h6-9,12-13H,3-5,10-11,14-16H2,1-2H3. The zero-order chi connectivity index (χ0) is 21.3. The van der Waals surface area contributed by atoms with Gasteiger partial charge >= 0.3 is 0 Å². The van der Waals surface area contributed by atoms with Crippen molar-refractivity contribution in [2.75, 3.05) is 20.7 Å². The first-order valence-corrected chi connectivity index (χ1v) is 10.6. The highest BCUT2D eigenvalue weighted by atomic mass is 16.5. The SMILES string of the molecule is COc1ccc2cc(CN(C)C(=O)CN3C(=O)CC4(CCCCC4)C3=O)ccc2c1. The van der Waals surface area contributed by atoms with Crippen LogP contribution < -0.4 is 4.74 Å². The Balaban J connectivity index is 1.42. The molecule has 158 valence electrons. The number of rotatable bonds is 5. The molecule has 1 saturated heterocycles. The topological polar surface area (TPSA) is 66.9 Å². The van der Waals surface area contributed by atoms with Gasteiger partial charge in [-0.05, 0) is 47.4 Å². The molecular weight excluding hydrogens is 380 g/mol. The number of ether oxygens (including phenoxy) is 1. The number of carbonyl (C=O) groups excluding carboxylic acids is 3. The summed E-state index contributed by atoms with van der Waals surface area (Å²) < 4.78 is 5.26. The summed E-state index contributed by atoms with van der Waals surface area (Å²) in [6.45, 7) is 0.253. The van der Waals surface area contributed by atoms with E-state index in [4.69, 9.17) is 4.74 Å². The number of methoxy groups -OCH3 is 1. The summed E-state index contributed by atoms with van der Waals surface area (Å²) in [5.74, 6) is 0.231. The highest BCUT2D eigenvalue weighted by molar-refractivity contribution is 6.08. The van der Waals surface area contributed by atoms with Crippen LogP contribution in [-0.2, 0) is 20.9 Å². The molecule has 1 spiro atoms. The summed E-state index contributed by atoms with van der Waals surface area (Å²) in [4.78, 5) is 41.0. The molecule has 2 fully saturated rings. The number of hydrogen-bond donors (Lipinski definition) is 0. The van der Waals surface area contributed by atoms with Crippen LogP contribution in [0.1, 0.15) is 44.1 Å². The first kappa shape index (κ1) is 20.4. The largest absolute Gasteiger partial charge is 0.497 e. The Morgan fingerprint density at radius 3 is 2.50 bits per heavy atom. The number of nitrogens with zero attached hydrogens (tertiary/aromatic N) is 2. The minimum Gasteiger partial charge on any atom is -0.497 e. The summed E-state index contributed by atoms with van der Waals surface area (Å²) in [5.41, 5.74) is 0.444. The van der Waals surface area contributed by atoms with Gasteiger partial charge in [0.1, 0.15) is 12.3 Å². The number of fused-ring (bicyclic) bond motifs is 1. The summed E-state index contributed by atoms with van der Waals surface area (Å²) in [5, 5.41) is 2.14. The Hall–Kier alpha value is -2.89. The second-order valence-corrected chi connectivity index (χ2v) is 8.60. The Morgan fingerprint density at radius 1 is 1.07 bits per heavy atom. The fraction of sp³-hybridized carbons (Fsp3) is 0.458. The molecule has 1 aliphatic heterocycles. The van der Waals surface area contributed by atoms with Crippen LogP contribution in [0, 0.1) is 5.41 Å². The van der Waals surface area contributed by atoms with Crippen molar-refractivity contribution in [2.45, 2.75) is 45.1 Å². The minimum absolute atomic E-state index is 0.145. The first-order valence-electron chi connectivity index (χ1n) is 10.6. The molecule has 0 bridgehead atoms. The fourth-order valence-corrected chi connectivity index (χ4v) is 4.76. The third kappa shape index (κ3) is 3.78. The maximum absolute atomic E-state index is 12.9. The Labute approximate surface area is 176 Å². The van der Waals surface area contributed by atoms with E-state index in [-0.39, 0.29) is 30.7 Å². The molecule has 0 unspecified atom stereocenters. The molecule has 0 aromatic heterocycles. The van der Waals surface area contributed by atoms with Gasteiger partial charge in [-0.1, -0.05) is 37.5 Å². The van der Waals surface area contributed by atoms with E-state index in [0.717, 1.165) is 54.2 Å². The van der Waals surface area contributed by atoms with Crippen molar-refractivity contribution in [1.82, 2.24) is 9.80 Å². The van der Waals surface area contributed by atoms with E-state index in [1.54, 1.807) is 19.1 Å². The van der Waals surface area contributed by atoms with Gasteiger partial charge in [-0.3, -0.25) is 19.3 Å². The van der Waals surface area contributed by atoms with Gasteiger partial charge in [-0.15, -0.1) is 0 Å². The van der Waals surface area contributed by atoms with E-state index >= 15 is 0 Å². The van der Waals surface area contributed by atoms with E-state index < -0.39 is 5.41 Å². The number of amides is 3. The van der Waals surface area contributed by atoms with Gasteiger partial charge < -0.3 is 9.64 Å². The van der Waals surface area contributed by atoms with Crippen LogP contribution in [0.3, 0.4) is 0 Å². The molecule has 0 N–H and O–H groups in total. The number of carbonyl (C=O) groups is 3. The van der Waals surface area contributed by atoms with Crippen LogP contribution in [0.4, 0.5) is 0 Å². The zero-order valence-electron chi connectivity index (χ0n) is 17.6. The van der Waals surface area contributed by atoms with Gasteiger partial charge in [0.2, 0.25) is 17.7 Å². The van der Waals surface area contributed by atoms with Crippen molar-refractivity contribution in [1.29, 1.82) is 0 Å². The first-order chi connectivity index (χ1) is 14.4. The van der Waals surface area contributed by atoms with Crippen LogP contribution in [0.5, 0.6) is 5.75 Å². The smallest absolute Gasteiger partial charge is 0.242 e. The van der Waals surface area contributed by atoms with Crippen molar-refractivity contribution >= 4 is 28.5 Å². The van der Waals surface area contributed by atoms with Gasteiger partial charge in [0, 0.05) is 20.0 Å². The molecule has 0 atom stereocenters. The van der Waals surface area contributed by atoms with Crippen LogP contribution in [0.25, 0.3) is 10.8 Å². The van der Waals surface area contributed by atoms with Gasteiger partial charge in [0.25, 0.3) is 0 Å². The molecule has 2 aromatic rings. The fourth-order valence-electron chi connectivity index (χ4n) is 4.76. The lowest BCUT2D eigenvalue weighted by molar-refractivity contribution is -0.147. The van der Waals surface area contributed by atoms with E-state index in [9.17, 15) is 14.4 Å². The van der Waals surface area contributed by atoms with Crippen LogP contribution in [0.2, 0.25) is 0 Å². The van der Waals surface area contributed by atoms with Crippen molar-refractivity contribution in [3.8, 4) is 5.75 Å². The molecule has 3 amide bonds. The minimum atomic E-state index is -0.548. The van der Waals surface area contributed by atoms with Crippen molar-refractivity contribution < 1.29 is 19.1 Å². The summed E-state index contributed by atoms with van der Waals surface area (Å²) in [6, 6.07) is 11.9. The molecule has 2 aromatic carbocycles. The Bertz CT molecular complexity index is 994. The maximum Gasteiger partial charge on any atom is 0.242 e. The number of benzene rings is 2. The van der Waals surface area contributed by atoms with Gasteiger partial charge in [-0.2, -0.15) is 0 Å². The molecule has 6 nitrogen and oxygen atoms in total. The summed E-state index contributed by atoms with van der Waals surface area (Å²) in [6.07, 6.45) is 4.86. The molecule has 1 heterocycles. The van der Waals surface area contributed by atoms with Crippen LogP contribution in [-0.4, -0.2) is 48.2 Å². The summed E-state index contributed by atoms with van der Waals surface area (Å²) in [7, 11) is 3.35. The molecule has 0 radical (unpaired) electrons. The number of hydrogen-bond acceptors (Lipinski definition) is 4. The average molecular weight is 408 g/mol. The normalized spacial score (nSPS) is 18.3. The third-order valence-corrected chi connectivity index (χ3v) is 6.55. The predicted molar refractivity (Wildman–Crippen MR) is 114 cm³/mol. The molecule has 1 saturated carbocycles. The lowest BCUT2D eigenvalue weighted by atomic mass is 9.73. The van der Waals surface area contributed by atoms with E-state index in [1.807, 2.05) is 36.4 Å². The molecule has 2 aliphatic rings. The predicted octanol–water partition coefficient (Wildman–Crippen LogP) is 3.52. The maximum atomic E-state index is 12.9. The van der Waals surface area contributed by atoms with E-state index in [0.29, 0.717) is 6.54 Å². The second kappa shape index (κ2) is 8.09. The van der Waals surface area contributed by atoms with Gasteiger partial charge in [0.15, 0.2) is 0 Å². The van der Waals surface area contributed by atoms with Crippen molar-refractivity contribution in [3.63, 3.8) is 0 Å². The molecule has 4 rings (SSSR count). The number of likely N-dealkylation sites (N-methyl/N-ethyl adjacent to an activating group) is 1. The molecule has 30 heavy (non-hydrogen) atoms. The molecule has 6 heteroatoms. The number of imide groups is 1. The highest BCUT2D eigenvalue weighted by Crippen LogP contribution is 2.45. The van der Waals surface area contributed by atoms with Crippen LogP contribution in [0.15, 0.2) is 36.4 Å². The monoisotopic (exact) mass is 408 g/mol. The van der Waals surface area contributed by atoms with Gasteiger partial charge in [0.05, 0.1) is 12.5 Å². The lowest BCUT2D eigenvalue weighted by Crippen LogP contribution is -2.43.